The minimum atomic E-state index is -5.02. The maximum absolute atomic E-state index is 12.9. The standard InChI is InChI=1S/C12H14F4N2O3S/c1-18(2)11(19)5-6-17-22(20,21)10-4-3-8(13)7-9(10)12(14,15)16/h3-4,7,17H,5-6H2,1-2H3. The highest BCUT2D eigenvalue weighted by Gasteiger charge is 2.37. The van der Waals surface area contributed by atoms with E-state index in [0.29, 0.717) is 12.1 Å². The quantitative estimate of drug-likeness (QED) is 0.827. The van der Waals surface area contributed by atoms with Crippen molar-refractivity contribution in [1.29, 1.82) is 0 Å². The number of sulfonamides is 1. The van der Waals surface area contributed by atoms with E-state index in [9.17, 15) is 30.8 Å². The number of hydrogen-bond acceptors (Lipinski definition) is 3. The van der Waals surface area contributed by atoms with Gasteiger partial charge in [-0.25, -0.2) is 17.5 Å². The van der Waals surface area contributed by atoms with Gasteiger partial charge in [0.2, 0.25) is 15.9 Å². The van der Waals surface area contributed by atoms with Gasteiger partial charge >= 0.3 is 6.18 Å². The smallest absolute Gasteiger partial charge is 0.349 e. The van der Waals surface area contributed by atoms with Crippen molar-refractivity contribution in [3.8, 4) is 0 Å². The van der Waals surface area contributed by atoms with Crippen LogP contribution in [-0.4, -0.2) is 39.9 Å². The van der Waals surface area contributed by atoms with Crippen molar-refractivity contribution in [3.05, 3.63) is 29.6 Å². The minimum Gasteiger partial charge on any atom is -0.349 e. The number of amides is 1. The average Bonchev–Trinajstić information content (AvgIpc) is 2.36. The van der Waals surface area contributed by atoms with Crippen LogP contribution in [0.1, 0.15) is 12.0 Å². The largest absolute Gasteiger partial charge is 0.417 e. The number of nitrogens with zero attached hydrogens (tertiary/aromatic N) is 1. The zero-order valence-corrected chi connectivity index (χ0v) is 12.6. The van der Waals surface area contributed by atoms with Crippen molar-refractivity contribution in [3.63, 3.8) is 0 Å². The molecule has 124 valence electrons. The van der Waals surface area contributed by atoms with Crippen molar-refractivity contribution in [2.45, 2.75) is 17.5 Å². The molecule has 0 aliphatic heterocycles. The van der Waals surface area contributed by atoms with E-state index in [4.69, 9.17) is 0 Å². The summed E-state index contributed by atoms with van der Waals surface area (Å²) in [5.74, 6) is -1.59. The van der Waals surface area contributed by atoms with Crippen LogP contribution < -0.4 is 4.72 Å². The SMILES string of the molecule is CN(C)C(=O)CCNS(=O)(=O)c1ccc(F)cc1C(F)(F)F. The molecule has 0 aliphatic carbocycles. The number of alkyl halides is 3. The molecule has 0 aromatic heterocycles. The summed E-state index contributed by atoms with van der Waals surface area (Å²) in [6.45, 7) is -0.367. The lowest BCUT2D eigenvalue weighted by Gasteiger charge is -2.14. The molecule has 1 rings (SSSR count). The zero-order chi connectivity index (χ0) is 17.1. The molecule has 0 saturated carbocycles. The molecule has 0 unspecified atom stereocenters. The predicted molar refractivity (Wildman–Crippen MR) is 69.9 cm³/mol. The second kappa shape index (κ2) is 6.61. The summed E-state index contributed by atoms with van der Waals surface area (Å²) < 4.78 is 77.0. The third kappa shape index (κ3) is 4.67. The monoisotopic (exact) mass is 342 g/mol. The third-order valence-corrected chi connectivity index (χ3v) is 4.19. The van der Waals surface area contributed by atoms with Crippen LogP contribution in [-0.2, 0) is 21.0 Å². The first-order valence-electron chi connectivity index (χ1n) is 6.01. The van der Waals surface area contributed by atoms with Crippen LogP contribution in [0, 0.1) is 5.82 Å². The normalized spacial score (nSPS) is 12.3. The molecule has 10 heteroatoms. The Morgan fingerprint density at radius 1 is 1.27 bits per heavy atom. The minimum absolute atomic E-state index is 0.111. The highest BCUT2D eigenvalue weighted by Crippen LogP contribution is 2.34. The Hall–Kier alpha value is -1.68. The van der Waals surface area contributed by atoms with Crippen LogP contribution in [0.15, 0.2) is 23.1 Å². The first-order valence-corrected chi connectivity index (χ1v) is 7.50. The Kier molecular flexibility index (Phi) is 5.52. The van der Waals surface area contributed by atoms with Crippen LogP contribution in [0.4, 0.5) is 17.6 Å². The number of hydrogen-bond donors (Lipinski definition) is 1. The summed E-state index contributed by atoms with van der Waals surface area (Å²) in [5, 5.41) is 0. The highest BCUT2D eigenvalue weighted by molar-refractivity contribution is 7.89. The van der Waals surface area contributed by atoms with Crippen molar-refractivity contribution in [2.24, 2.45) is 0 Å². The Labute approximate surface area is 125 Å². The molecule has 1 amide bonds. The average molecular weight is 342 g/mol. The second-order valence-corrected chi connectivity index (χ2v) is 6.31. The van der Waals surface area contributed by atoms with Crippen molar-refractivity contribution in [1.82, 2.24) is 9.62 Å². The highest BCUT2D eigenvalue weighted by atomic mass is 32.2. The van der Waals surface area contributed by atoms with E-state index in [-0.39, 0.29) is 19.0 Å². The topological polar surface area (TPSA) is 66.5 Å². The molecule has 1 N–H and O–H groups in total. The summed E-state index contributed by atoms with van der Waals surface area (Å²) >= 11 is 0. The maximum Gasteiger partial charge on any atom is 0.417 e. The van der Waals surface area contributed by atoms with E-state index in [1.807, 2.05) is 4.72 Å². The van der Waals surface area contributed by atoms with Crippen LogP contribution in [0.2, 0.25) is 0 Å². The lowest BCUT2D eigenvalue weighted by molar-refractivity contribution is -0.140. The molecule has 0 bridgehead atoms. The van der Waals surface area contributed by atoms with E-state index in [1.165, 1.54) is 19.0 Å². The molecule has 0 fully saturated rings. The van der Waals surface area contributed by atoms with Crippen LogP contribution in [0.25, 0.3) is 0 Å². The molecule has 0 spiro atoms. The van der Waals surface area contributed by atoms with Gasteiger partial charge in [0.25, 0.3) is 0 Å². The van der Waals surface area contributed by atoms with Crippen LogP contribution in [0.5, 0.6) is 0 Å². The van der Waals surface area contributed by atoms with Gasteiger partial charge in [-0.3, -0.25) is 4.79 Å². The molecular weight excluding hydrogens is 328 g/mol. The summed E-state index contributed by atoms with van der Waals surface area (Å²) in [7, 11) is -1.61. The van der Waals surface area contributed by atoms with Crippen molar-refractivity contribution in [2.75, 3.05) is 20.6 Å². The predicted octanol–water partition coefficient (Wildman–Crippen LogP) is 1.60. The number of benzene rings is 1. The number of rotatable bonds is 5. The molecule has 22 heavy (non-hydrogen) atoms. The summed E-state index contributed by atoms with van der Waals surface area (Å²) in [6, 6.07) is 1.27. The number of carbonyl (C=O) groups excluding carboxylic acids is 1. The van der Waals surface area contributed by atoms with Gasteiger partial charge in [0.1, 0.15) is 5.82 Å². The Morgan fingerprint density at radius 2 is 1.86 bits per heavy atom. The van der Waals surface area contributed by atoms with Gasteiger partial charge in [0.15, 0.2) is 0 Å². The van der Waals surface area contributed by atoms with Crippen molar-refractivity contribution >= 4 is 15.9 Å². The van der Waals surface area contributed by atoms with E-state index < -0.39 is 38.4 Å². The van der Waals surface area contributed by atoms with Crippen molar-refractivity contribution < 1.29 is 30.8 Å². The van der Waals surface area contributed by atoms with Gasteiger partial charge in [-0.15, -0.1) is 0 Å². The lowest BCUT2D eigenvalue weighted by Crippen LogP contribution is -2.31. The molecule has 0 radical (unpaired) electrons. The molecule has 5 nitrogen and oxygen atoms in total. The summed E-state index contributed by atoms with van der Waals surface area (Å²) in [4.78, 5) is 11.4. The summed E-state index contributed by atoms with van der Waals surface area (Å²) in [5.41, 5.74) is -1.60. The fourth-order valence-electron chi connectivity index (χ4n) is 1.55. The first-order chi connectivity index (χ1) is 9.95. The first kappa shape index (κ1) is 18.4. The van der Waals surface area contributed by atoms with E-state index >= 15 is 0 Å². The van der Waals surface area contributed by atoms with Gasteiger partial charge in [0.05, 0.1) is 10.5 Å². The van der Waals surface area contributed by atoms with Gasteiger partial charge in [-0.1, -0.05) is 0 Å². The van der Waals surface area contributed by atoms with Gasteiger partial charge < -0.3 is 4.90 Å². The third-order valence-electron chi connectivity index (χ3n) is 2.67. The zero-order valence-electron chi connectivity index (χ0n) is 11.7. The molecule has 0 saturated heterocycles. The van der Waals surface area contributed by atoms with E-state index in [2.05, 4.69) is 0 Å². The molecule has 1 aromatic rings. The molecule has 0 atom stereocenters. The lowest BCUT2D eigenvalue weighted by atomic mass is 10.2. The van der Waals surface area contributed by atoms with Gasteiger partial charge in [0, 0.05) is 27.1 Å². The number of nitrogens with one attached hydrogen (secondary N) is 1. The molecule has 0 heterocycles. The fraction of sp³-hybridized carbons (Fsp3) is 0.417. The Morgan fingerprint density at radius 3 is 2.36 bits per heavy atom. The second-order valence-electron chi connectivity index (χ2n) is 4.57. The Bertz CT molecular complexity index is 657. The summed E-state index contributed by atoms with van der Waals surface area (Å²) in [6.07, 6.45) is -5.24. The number of carbonyl (C=O) groups is 1. The molecule has 0 aliphatic rings. The maximum atomic E-state index is 12.9. The Balaban J connectivity index is 3.01. The number of halogens is 4. The van der Waals surface area contributed by atoms with Crippen LogP contribution >= 0.6 is 0 Å². The van der Waals surface area contributed by atoms with Gasteiger partial charge in [-0.05, 0) is 18.2 Å². The fourth-order valence-corrected chi connectivity index (χ4v) is 2.79. The molecule has 1 aromatic carbocycles. The van der Waals surface area contributed by atoms with Gasteiger partial charge in [-0.2, -0.15) is 13.2 Å². The van der Waals surface area contributed by atoms with E-state index in [0.717, 1.165) is 0 Å². The van der Waals surface area contributed by atoms with E-state index in [1.54, 1.807) is 0 Å². The van der Waals surface area contributed by atoms with Crippen LogP contribution in [0.3, 0.4) is 0 Å². The molecular formula is C12H14F4N2O3S.